The van der Waals surface area contributed by atoms with E-state index in [0.717, 1.165) is 18.5 Å². The van der Waals surface area contributed by atoms with E-state index in [2.05, 4.69) is 37.9 Å². The van der Waals surface area contributed by atoms with Crippen LogP contribution in [0.5, 0.6) is 0 Å². The van der Waals surface area contributed by atoms with Crippen LogP contribution in [0.1, 0.15) is 35.2 Å². The lowest BCUT2D eigenvalue weighted by Gasteiger charge is -2.37. The Kier molecular flexibility index (Phi) is 3.17. The Bertz CT molecular complexity index is 603. The molecule has 2 heterocycles. The van der Waals surface area contributed by atoms with Crippen LogP contribution in [0.25, 0.3) is 0 Å². The maximum Gasteiger partial charge on any atom is 0.334 e. The molecule has 0 aliphatic carbocycles. The van der Waals surface area contributed by atoms with Crippen LogP contribution in [0.2, 0.25) is 0 Å². The first-order valence-corrected chi connectivity index (χ1v) is 7.17. The Labute approximate surface area is 120 Å². The van der Waals surface area contributed by atoms with E-state index >= 15 is 0 Å². The molecule has 3 rings (SSSR count). The summed E-state index contributed by atoms with van der Waals surface area (Å²) in [6.45, 7) is 7.12. The van der Waals surface area contributed by atoms with Gasteiger partial charge >= 0.3 is 5.97 Å². The van der Waals surface area contributed by atoms with Gasteiger partial charge in [-0.05, 0) is 62.6 Å². The lowest BCUT2D eigenvalue weighted by atomic mass is 9.87. The van der Waals surface area contributed by atoms with Gasteiger partial charge in [-0.25, -0.2) is 4.79 Å². The average Bonchev–Trinajstić information content (AvgIpc) is 2.71. The molecule has 2 atom stereocenters. The molecule has 2 aliphatic rings. The fourth-order valence-electron chi connectivity index (χ4n) is 3.21. The van der Waals surface area contributed by atoms with Gasteiger partial charge in [0.1, 0.15) is 6.10 Å². The van der Waals surface area contributed by atoms with E-state index in [1.165, 1.54) is 22.3 Å². The first-order valence-electron chi connectivity index (χ1n) is 7.17. The van der Waals surface area contributed by atoms with Gasteiger partial charge < -0.3 is 4.74 Å². The van der Waals surface area contributed by atoms with Crippen molar-refractivity contribution in [3.05, 3.63) is 46.0 Å². The van der Waals surface area contributed by atoms with Crippen molar-refractivity contribution in [1.29, 1.82) is 0 Å². The van der Waals surface area contributed by atoms with Gasteiger partial charge in [0.15, 0.2) is 0 Å². The molecule has 1 aromatic rings. The number of hydrogen-bond acceptors (Lipinski definition) is 3. The summed E-state index contributed by atoms with van der Waals surface area (Å²) in [6.07, 6.45) is 2.87. The summed E-state index contributed by atoms with van der Waals surface area (Å²) in [5.41, 5.74) is 6.06. The summed E-state index contributed by atoms with van der Waals surface area (Å²) in [6, 6.07) is 4.69. The largest absolute Gasteiger partial charge is 0.453 e. The molecule has 1 aromatic carbocycles. The first-order chi connectivity index (χ1) is 9.47. The number of likely N-dealkylation sites (N-methyl/N-ethyl adjacent to an activating group) is 1. The molecular formula is C17H21NO2. The third-order valence-electron chi connectivity index (χ3n) is 4.57. The van der Waals surface area contributed by atoms with Gasteiger partial charge in [-0.2, -0.15) is 0 Å². The molecule has 0 bridgehead atoms. The zero-order chi connectivity index (χ0) is 14.4. The van der Waals surface area contributed by atoms with Crippen molar-refractivity contribution < 1.29 is 9.53 Å². The molecule has 0 amide bonds. The second-order valence-corrected chi connectivity index (χ2v) is 6.03. The van der Waals surface area contributed by atoms with Crippen LogP contribution in [0, 0.1) is 13.8 Å². The van der Waals surface area contributed by atoms with Gasteiger partial charge in [-0.3, -0.25) is 4.90 Å². The maximum atomic E-state index is 11.7. The number of hydrogen-bond donors (Lipinski definition) is 0. The summed E-state index contributed by atoms with van der Waals surface area (Å²) in [7, 11) is 2.11. The zero-order valence-electron chi connectivity index (χ0n) is 12.6. The molecule has 2 aliphatic heterocycles. The Hall–Kier alpha value is -1.61. The third-order valence-corrected chi connectivity index (χ3v) is 4.57. The monoisotopic (exact) mass is 271 g/mol. The van der Waals surface area contributed by atoms with Crippen molar-refractivity contribution >= 4 is 5.97 Å². The van der Waals surface area contributed by atoms with Crippen molar-refractivity contribution in [2.45, 2.75) is 39.3 Å². The Morgan fingerprint density at radius 3 is 2.55 bits per heavy atom. The van der Waals surface area contributed by atoms with Crippen molar-refractivity contribution in [2.24, 2.45) is 0 Å². The number of carbonyl (C=O) groups is 1. The fourth-order valence-corrected chi connectivity index (χ4v) is 3.21. The minimum Gasteiger partial charge on any atom is -0.453 e. The number of esters is 1. The highest BCUT2D eigenvalue weighted by Crippen LogP contribution is 2.36. The second kappa shape index (κ2) is 4.74. The summed E-state index contributed by atoms with van der Waals surface area (Å²) in [5, 5.41) is 0. The first kappa shape index (κ1) is 13.4. The number of cyclic esters (lactones) is 1. The minimum absolute atomic E-state index is 0.138. The topological polar surface area (TPSA) is 29.5 Å². The number of fused-ring (bicyclic) bond motifs is 1. The molecule has 3 nitrogen and oxygen atoms in total. The second-order valence-electron chi connectivity index (χ2n) is 6.03. The van der Waals surface area contributed by atoms with E-state index < -0.39 is 0 Å². The highest BCUT2D eigenvalue weighted by Gasteiger charge is 2.36. The molecule has 0 fully saturated rings. The smallest absolute Gasteiger partial charge is 0.334 e. The van der Waals surface area contributed by atoms with Crippen molar-refractivity contribution in [2.75, 3.05) is 13.6 Å². The molecular weight excluding hydrogens is 250 g/mol. The molecule has 0 spiro atoms. The molecule has 0 saturated heterocycles. The van der Waals surface area contributed by atoms with Gasteiger partial charge in [0.05, 0.1) is 6.04 Å². The number of aryl methyl sites for hydroxylation is 2. The molecule has 3 heteroatoms. The van der Waals surface area contributed by atoms with Crippen LogP contribution in [-0.2, 0) is 16.0 Å². The standard InChI is InChI=1S/C17H21NO2/c1-10-7-13-5-6-18(4)16(14(13)8-11(10)2)15-9-12(3)17(19)20-15/h7-9,15-16H,5-6H2,1-4H3. The normalized spacial score (nSPS) is 26.2. The summed E-state index contributed by atoms with van der Waals surface area (Å²) in [5.74, 6) is -0.181. The Morgan fingerprint density at radius 1 is 1.20 bits per heavy atom. The van der Waals surface area contributed by atoms with E-state index in [9.17, 15) is 4.79 Å². The van der Waals surface area contributed by atoms with Crippen LogP contribution in [0.3, 0.4) is 0 Å². The van der Waals surface area contributed by atoms with Crippen LogP contribution in [0.15, 0.2) is 23.8 Å². The van der Waals surface area contributed by atoms with Gasteiger partial charge in [0, 0.05) is 12.1 Å². The quantitative estimate of drug-likeness (QED) is 0.736. The Morgan fingerprint density at radius 2 is 1.90 bits per heavy atom. The highest BCUT2D eigenvalue weighted by molar-refractivity contribution is 5.90. The predicted molar refractivity (Wildman–Crippen MR) is 78.6 cm³/mol. The minimum atomic E-state index is -0.181. The number of rotatable bonds is 1. The number of ether oxygens (including phenoxy) is 1. The lowest BCUT2D eigenvalue weighted by Crippen LogP contribution is -2.39. The van der Waals surface area contributed by atoms with Crippen LogP contribution < -0.4 is 0 Å². The zero-order valence-corrected chi connectivity index (χ0v) is 12.6. The molecule has 0 N–H and O–H groups in total. The molecule has 20 heavy (non-hydrogen) atoms. The van der Waals surface area contributed by atoms with Crippen LogP contribution >= 0.6 is 0 Å². The van der Waals surface area contributed by atoms with E-state index in [4.69, 9.17) is 4.74 Å². The third kappa shape index (κ3) is 2.06. The summed E-state index contributed by atoms with van der Waals surface area (Å²) < 4.78 is 5.54. The average molecular weight is 271 g/mol. The number of carbonyl (C=O) groups excluding carboxylic acids is 1. The van der Waals surface area contributed by atoms with Crippen LogP contribution in [-0.4, -0.2) is 30.6 Å². The SMILES string of the molecule is CC1=CC(C2c3cc(C)c(C)cc3CCN2C)OC1=O. The van der Waals surface area contributed by atoms with Crippen molar-refractivity contribution in [1.82, 2.24) is 4.90 Å². The van der Waals surface area contributed by atoms with Gasteiger partial charge in [0.25, 0.3) is 0 Å². The molecule has 0 radical (unpaired) electrons. The van der Waals surface area contributed by atoms with E-state index in [1.807, 2.05) is 13.0 Å². The molecule has 0 saturated carbocycles. The van der Waals surface area contributed by atoms with Gasteiger partial charge in [-0.1, -0.05) is 12.1 Å². The lowest BCUT2D eigenvalue weighted by molar-refractivity contribution is -0.142. The van der Waals surface area contributed by atoms with Crippen molar-refractivity contribution in [3.8, 4) is 0 Å². The number of nitrogens with zero attached hydrogens (tertiary/aromatic N) is 1. The Balaban J connectivity index is 2.04. The highest BCUT2D eigenvalue weighted by atomic mass is 16.5. The molecule has 2 unspecified atom stereocenters. The number of benzene rings is 1. The molecule has 0 aromatic heterocycles. The van der Waals surface area contributed by atoms with E-state index in [-0.39, 0.29) is 18.1 Å². The summed E-state index contributed by atoms with van der Waals surface area (Å²) in [4.78, 5) is 14.0. The maximum absolute atomic E-state index is 11.7. The van der Waals surface area contributed by atoms with E-state index in [1.54, 1.807) is 0 Å². The van der Waals surface area contributed by atoms with E-state index in [0.29, 0.717) is 0 Å². The molecule has 106 valence electrons. The van der Waals surface area contributed by atoms with Gasteiger partial charge in [0.2, 0.25) is 0 Å². The summed E-state index contributed by atoms with van der Waals surface area (Å²) >= 11 is 0. The van der Waals surface area contributed by atoms with Crippen molar-refractivity contribution in [3.63, 3.8) is 0 Å². The van der Waals surface area contributed by atoms with Crippen LogP contribution in [0.4, 0.5) is 0 Å². The van der Waals surface area contributed by atoms with Gasteiger partial charge in [-0.15, -0.1) is 0 Å². The fraction of sp³-hybridized carbons (Fsp3) is 0.471. The predicted octanol–water partition coefficient (Wildman–Crippen LogP) is 2.70.